The Morgan fingerprint density at radius 2 is 1.89 bits per heavy atom. The number of hydrogen-bond acceptors (Lipinski definition) is 3. The highest BCUT2D eigenvalue weighted by molar-refractivity contribution is 7.89. The fourth-order valence-electron chi connectivity index (χ4n) is 3.76. The Labute approximate surface area is 164 Å². The molecule has 1 aliphatic carbocycles. The monoisotopic (exact) mass is 394 g/mol. The average molecular weight is 395 g/mol. The Bertz CT molecular complexity index is 753. The first-order chi connectivity index (χ1) is 12.7. The standard InChI is InChI=1S/C20H34N4O2S/c1-16(2)13-20(11-8-12-20)15-23-19(21-3)22-14-17-9-6-7-10-18(17)27(25,26)24(4)5/h6-7,9-10,16H,8,11-15H2,1-5H3,(H2,21,22,23). The van der Waals surface area contributed by atoms with E-state index in [2.05, 4.69) is 29.5 Å². The van der Waals surface area contributed by atoms with Crippen molar-refractivity contribution < 1.29 is 8.42 Å². The van der Waals surface area contributed by atoms with E-state index in [0.29, 0.717) is 28.7 Å². The van der Waals surface area contributed by atoms with Crippen molar-refractivity contribution in [2.45, 2.75) is 51.0 Å². The molecule has 0 saturated heterocycles. The molecule has 0 spiro atoms. The summed E-state index contributed by atoms with van der Waals surface area (Å²) >= 11 is 0. The van der Waals surface area contributed by atoms with E-state index in [-0.39, 0.29) is 0 Å². The van der Waals surface area contributed by atoms with Gasteiger partial charge < -0.3 is 10.6 Å². The molecule has 0 unspecified atom stereocenters. The first kappa shape index (κ1) is 21.7. The van der Waals surface area contributed by atoms with Crippen LogP contribution in [0.4, 0.5) is 0 Å². The maximum Gasteiger partial charge on any atom is 0.242 e. The van der Waals surface area contributed by atoms with E-state index in [9.17, 15) is 8.42 Å². The van der Waals surface area contributed by atoms with Gasteiger partial charge in [0.25, 0.3) is 0 Å². The number of nitrogens with zero attached hydrogens (tertiary/aromatic N) is 2. The number of nitrogens with one attached hydrogen (secondary N) is 2. The molecule has 0 aliphatic heterocycles. The highest BCUT2D eigenvalue weighted by atomic mass is 32.2. The number of rotatable bonds is 8. The largest absolute Gasteiger partial charge is 0.356 e. The normalized spacial score (nSPS) is 17.1. The summed E-state index contributed by atoms with van der Waals surface area (Å²) in [5.74, 6) is 1.40. The van der Waals surface area contributed by atoms with Crippen LogP contribution in [-0.4, -0.2) is 46.4 Å². The summed E-state index contributed by atoms with van der Waals surface area (Å²) in [7, 11) is 1.37. The lowest BCUT2D eigenvalue weighted by atomic mass is 9.64. The molecule has 7 heteroatoms. The molecule has 0 radical (unpaired) electrons. The summed E-state index contributed by atoms with van der Waals surface area (Å²) in [4.78, 5) is 4.63. The Morgan fingerprint density at radius 1 is 1.22 bits per heavy atom. The summed E-state index contributed by atoms with van der Waals surface area (Å²) in [5, 5.41) is 6.71. The van der Waals surface area contributed by atoms with E-state index in [4.69, 9.17) is 0 Å². The molecule has 1 fully saturated rings. The lowest BCUT2D eigenvalue weighted by molar-refractivity contribution is 0.104. The predicted octanol–water partition coefficient (Wildman–Crippen LogP) is 2.82. The van der Waals surface area contributed by atoms with E-state index in [0.717, 1.165) is 12.1 Å². The van der Waals surface area contributed by atoms with Crippen LogP contribution in [0.1, 0.15) is 45.1 Å². The Kier molecular flexibility index (Phi) is 7.28. The Balaban J connectivity index is 2.01. The maximum absolute atomic E-state index is 12.5. The number of sulfonamides is 1. The van der Waals surface area contributed by atoms with Gasteiger partial charge in [-0.1, -0.05) is 38.5 Å². The van der Waals surface area contributed by atoms with Crippen LogP contribution in [0.3, 0.4) is 0 Å². The minimum absolute atomic E-state index is 0.327. The van der Waals surface area contributed by atoms with Crippen LogP contribution in [-0.2, 0) is 16.6 Å². The van der Waals surface area contributed by atoms with Gasteiger partial charge in [0.1, 0.15) is 0 Å². The van der Waals surface area contributed by atoms with Crippen molar-refractivity contribution >= 4 is 16.0 Å². The molecule has 152 valence electrons. The van der Waals surface area contributed by atoms with Crippen molar-refractivity contribution in [3.05, 3.63) is 29.8 Å². The molecule has 6 nitrogen and oxygen atoms in total. The zero-order valence-electron chi connectivity index (χ0n) is 17.2. The van der Waals surface area contributed by atoms with Crippen LogP contribution in [0.2, 0.25) is 0 Å². The zero-order chi connectivity index (χ0) is 20.1. The van der Waals surface area contributed by atoms with Crippen LogP contribution < -0.4 is 10.6 Å². The molecule has 1 saturated carbocycles. The fraction of sp³-hybridized carbons (Fsp3) is 0.650. The second-order valence-corrected chi connectivity index (χ2v) is 10.2. The third-order valence-electron chi connectivity index (χ3n) is 5.29. The molecule has 27 heavy (non-hydrogen) atoms. The third-order valence-corrected chi connectivity index (χ3v) is 7.20. The number of guanidine groups is 1. The zero-order valence-corrected chi connectivity index (χ0v) is 18.1. The maximum atomic E-state index is 12.5. The van der Waals surface area contributed by atoms with Crippen molar-refractivity contribution in [3.8, 4) is 0 Å². The van der Waals surface area contributed by atoms with E-state index in [1.165, 1.54) is 30.0 Å². The Morgan fingerprint density at radius 3 is 2.41 bits per heavy atom. The molecular weight excluding hydrogens is 360 g/mol. The Hall–Kier alpha value is -1.60. The fourth-order valence-corrected chi connectivity index (χ4v) is 4.88. The molecule has 1 aliphatic rings. The smallest absolute Gasteiger partial charge is 0.242 e. The average Bonchev–Trinajstić information content (AvgIpc) is 2.59. The third kappa shape index (κ3) is 5.45. The van der Waals surface area contributed by atoms with Gasteiger partial charge in [0.05, 0.1) is 4.90 Å². The summed E-state index contributed by atoms with van der Waals surface area (Å²) < 4.78 is 26.3. The second kappa shape index (κ2) is 9.06. The number of aliphatic imine (C=N–C) groups is 1. The highest BCUT2D eigenvalue weighted by Crippen LogP contribution is 2.45. The second-order valence-electron chi connectivity index (χ2n) is 8.13. The van der Waals surface area contributed by atoms with Gasteiger partial charge in [-0.3, -0.25) is 4.99 Å². The molecular formula is C20H34N4O2S. The molecule has 0 heterocycles. The van der Waals surface area contributed by atoms with Crippen LogP contribution >= 0.6 is 0 Å². The van der Waals surface area contributed by atoms with Gasteiger partial charge >= 0.3 is 0 Å². The lowest BCUT2D eigenvalue weighted by Crippen LogP contribution is -2.46. The topological polar surface area (TPSA) is 73.8 Å². The van der Waals surface area contributed by atoms with Gasteiger partial charge in [-0.05, 0) is 42.2 Å². The van der Waals surface area contributed by atoms with Gasteiger partial charge in [0, 0.05) is 34.2 Å². The summed E-state index contributed by atoms with van der Waals surface area (Å²) in [6, 6.07) is 7.09. The first-order valence-corrected chi connectivity index (χ1v) is 11.1. The van der Waals surface area contributed by atoms with Gasteiger partial charge in [-0.15, -0.1) is 0 Å². The number of hydrogen-bond donors (Lipinski definition) is 2. The molecule has 1 aromatic rings. The van der Waals surface area contributed by atoms with Crippen molar-refractivity contribution in [1.82, 2.24) is 14.9 Å². The van der Waals surface area contributed by atoms with E-state index in [1.54, 1.807) is 33.3 Å². The molecule has 0 atom stereocenters. The molecule has 0 bridgehead atoms. The van der Waals surface area contributed by atoms with Gasteiger partial charge in [0.15, 0.2) is 5.96 Å². The van der Waals surface area contributed by atoms with E-state index >= 15 is 0 Å². The minimum Gasteiger partial charge on any atom is -0.356 e. The lowest BCUT2D eigenvalue weighted by Gasteiger charge is -2.43. The highest BCUT2D eigenvalue weighted by Gasteiger charge is 2.37. The van der Waals surface area contributed by atoms with Gasteiger partial charge in [-0.25, -0.2) is 12.7 Å². The van der Waals surface area contributed by atoms with Crippen LogP contribution in [0.15, 0.2) is 34.2 Å². The molecule has 1 aromatic carbocycles. The predicted molar refractivity (Wildman–Crippen MR) is 111 cm³/mol. The number of benzene rings is 1. The SMILES string of the molecule is CN=C(NCc1ccccc1S(=O)(=O)N(C)C)NCC1(CC(C)C)CCC1. The van der Waals surface area contributed by atoms with Crippen molar-refractivity contribution in [2.75, 3.05) is 27.7 Å². The summed E-state index contributed by atoms with van der Waals surface area (Å²) in [5.41, 5.74) is 1.10. The minimum atomic E-state index is -3.47. The van der Waals surface area contributed by atoms with Crippen molar-refractivity contribution in [2.24, 2.45) is 16.3 Å². The molecule has 0 aromatic heterocycles. The summed E-state index contributed by atoms with van der Waals surface area (Å²) in [6.07, 6.45) is 5.05. The molecule has 2 N–H and O–H groups in total. The van der Waals surface area contributed by atoms with Crippen LogP contribution in [0.5, 0.6) is 0 Å². The van der Waals surface area contributed by atoms with Crippen molar-refractivity contribution in [3.63, 3.8) is 0 Å². The van der Waals surface area contributed by atoms with Gasteiger partial charge in [-0.2, -0.15) is 0 Å². The van der Waals surface area contributed by atoms with Gasteiger partial charge in [0.2, 0.25) is 10.0 Å². The quantitative estimate of drug-likeness (QED) is 0.525. The molecule has 2 rings (SSSR count). The van der Waals surface area contributed by atoms with Crippen LogP contribution in [0, 0.1) is 11.3 Å². The first-order valence-electron chi connectivity index (χ1n) is 9.65. The van der Waals surface area contributed by atoms with Crippen molar-refractivity contribution in [1.29, 1.82) is 0 Å². The molecule has 0 amide bonds. The summed E-state index contributed by atoms with van der Waals surface area (Å²) in [6.45, 7) is 5.85. The van der Waals surface area contributed by atoms with E-state index < -0.39 is 10.0 Å². The van der Waals surface area contributed by atoms with E-state index in [1.807, 2.05) is 12.1 Å². The van der Waals surface area contributed by atoms with Crippen LogP contribution in [0.25, 0.3) is 0 Å².